The first-order valence-corrected chi connectivity index (χ1v) is 9.38. The minimum atomic E-state index is -0.738. The van der Waals surface area contributed by atoms with Crippen LogP contribution in [-0.2, 0) is 0 Å². The topological polar surface area (TPSA) is 111 Å². The number of hydrogen-bond acceptors (Lipinski definition) is 6. The third-order valence-electron chi connectivity index (χ3n) is 4.18. The monoisotopic (exact) mass is 437 g/mol. The zero-order valence-electron chi connectivity index (χ0n) is 16.2. The summed E-state index contributed by atoms with van der Waals surface area (Å²) in [6.45, 7) is 1.90. The second-order valence-corrected chi connectivity index (χ2v) is 6.82. The molecule has 3 aromatic rings. The SMILES string of the molecule is Cc1ccc(C(=O)N/N=C/c2cc([N+](=O)[O-])ccc2OC(=O)c2ccccc2Cl)cc1. The maximum Gasteiger partial charge on any atom is 0.345 e. The van der Waals surface area contributed by atoms with E-state index >= 15 is 0 Å². The Morgan fingerprint density at radius 3 is 2.48 bits per heavy atom. The van der Waals surface area contributed by atoms with Gasteiger partial charge in [0.15, 0.2) is 0 Å². The van der Waals surface area contributed by atoms with E-state index in [9.17, 15) is 19.7 Å². The molecule has 1 N–H and O–H groups in total. The summed E-state index contributed by atoms with van der Waals surface area (Å²) in [4.78, 5) is 35.1. The molecule has 0 fully saturated rings. The lowest BCUT2D eigenvalue weighted by Gasteiger charge is -2.08. The number of esters is 1. The normalized spacial score (nSPS) is 10.6. The highest BCUT2D eigenvalue weighted by Gasteiger charge is 2.17. The molecule has 0 spiro atoms. The maximum absolute atomic E-state index is 12.4. The second kappa shape index (κ2) is 9.64. The van der Waals surface area contributed by atoms with Crippen LogP contribution >= 0.6 is 11.6 Å². The largest absolute Gasteiger partial charge is 0.422 e. The molecule has 0 atom stereocenters. The first kappa shape index (κ1) is 21.7. The van der Waals surface area contributed by atoms with Gasteiger partial charge in [-0.05, 0) is 37.3 Å². The molecule has 3 aromatic carbocycles. The zero-order valence-corrected chi connectivity index (χ0v) is 17.0. The Labute approximate surface area is 182 Å². The van der Waals surface area contributed by atoms with E-state index in [0.717, 1.165) is 11.8 Å². The van der Waals surface area contributed by atoms with Gasteiger partial charge in [0.25, 0.3) is 11.6 Å². The van der Waals surface area contributed by atoms with Crippen LogP contribution in [-0.4, -0.2) is 23.0 Å². The second-order valence-electron chi connectivity index (χ2n) is 6.41. The van der Waals surface area contributed by atoms with Gasteiger partial charge in [-0.3, -0.25) is 14.9 Å². The smallest absolute Gasteiger partial charge is 0.345 e. The lowest BCUT2D eigenvalue weighted by molar-refractivity contribution is -0.384. The molecule has 0 aliphatic rings. The number of carbonyl (C=O) groups is 2. The fourth-order valence-corrected chi connectivity index (χ4v) is 2.77. The summed E-state index contributed by atoms with van der Waals surface area (Å²) in [5, 5.41) is 15.2. The standard InChI is InChI=1S/C22H16ClN3O5/c1-14-6-8-15(9-7-14)21(27)25-24-13-16-12-17(26(29)30)10-11-20(16)31-22(28)18-4-2-3-5-19(18)23/h2-13H,1H3,(H,25,27)/b24-13+. The van der Waals surface area contributed by atoms with Crippen LogP contribution in [0.2, 0.25) is 5.02 Å². The van der Waals surface area contributed by atoms with Gasteiger partial charge in [0, 0.05) is 23.3 Å². The number of nitrogens with one attached hydrogen (secondary N) is 1. The minimum absolute atomic E-state index is 0.0175. The van der Waals surface area contributed by atoms with Crippen molar-refractivity contribution >= 4 is 35.4 Å². The van der Waals surface area contributed by atoms with Gasteiger partial charge < -0.3 is 4.74 Å². The number of rotatable bonds is 6. The third-order valence-corrected chi connectivity index (χ3v) is 4.51. The number of carbonyl (C=O) groups excluding carboxylic acids is 2. The van der Waals surface area contributed by atoms with E-state index in [1.54, 1.807) is 36.4 Å². The number of nitro groups is 1. The quantitative estimate of drug-likeness (QED) is 0.200. The molecule has 0 bridgehead atoms. The first-order valence-electron chi connectivity index (χ1n) is 9.00. The van der Waals surface area contributed by atoms with Crippen LogP contribution < -0.4 is 10.2 Å². The molecule has 3 rings (SSSR count). The van der Waals surface area contributed by atoms with Crippen molar-refractivity contribution in [3.63, 3.8) is 0 Å². The van der Waals surface area contributed by atoms with E-state index in [1.807, 2.05) is 6.92 Å². The highest BCUT2D eigenvalue weighted by Crippen LogP contribution is 2.25. The molecule has 0 aliphatic heterocycles. The molecular formula is C22H16ClN3O5. The highest BCUT2D eigenvalue weighted by molar-refractivity contribution is 6.33. The molecule has 0 aromatic heterocycles. The zero-order chi connectivity index (χ0) is 22.4. The van der Waals surface area contributed by atoms with Gasteiger partial charge in [-0.2, -0.15) is 5.10 Å². The van der Waals surface area contributed by atoms with Gasteiger partial charge in [-0.25, -0.2) is 10.2 Å². The van der Waals surface area contributed by atoms with Crippen LogP contribution in [0.3, 0.4) is 0 Å². The fraction of sp³-hybridized carbons (Fsp3) is 0.0455. The maximum atomic E-state index is 12.4. The van der Waals surface area contributed by atoms with Crippen LogP contribution in [0, 0.1) is 17.0 Å². The predicted octanol–water partition coefficient (Wildman–Crippen LogP) is 4.54. The van der Waals surface area contributed by atoms with Crippen LogP contribution in [0.5, 0.6) is 5.75 Å². The Morgan fingerprint density at radius 2 is 1.81 bits per heavy atom. The number of hydrogen-bond donors (Lipinski definition) is 1. The Kier molecular flexibility index (Phi) is 6.74. The van der Waals surface area contributed by atoms with Crippen molar-refractivity contribution in [1.82, 2.24) is 5.43 Å². The van der Waals surface area contributed by atoms with Gasteiger partial charge in [0.05, 0.1) is 21.7 Å². The van der Waals surface area contributed by atoms with Crippen LogP contribution in [0.25, 0.3) is 0 Å². The van der Waals surface area contributed by atoms with Crippen LogP contribution in [0.15, 0.2) is 71.8 Å². The number of amides is 1. The molecule has 156 valence electrons. The molecule has 1 amide bonds. The summed E-state index contributed by atoms with van der Waals surface area (Å²) in [5.41, 5.74) is 3.76. The molecule has 0 saturated carbocycles. The van der Waals surface area contributed by atoms with Gasteiger partial charge in [-0.1, -0.05) is 41.4 Å². The molecule has 8 nitrogen and oxygen atoms in total. The molecule has 31 heavy (non-hydrogen) atoms. The van der Waals surface area contributed by atoms with Crippen molar-refractivity contribution < 1.29 is 19.2 Å². The summed E-state index contributed by atoms with van der Waals surface area (Å²) in [6, 6.07) is 16.8. The van der Waals surface area contributed by atoms with E-state index in [0.29, 0.717) is 5.56 Å². The Balaban J connectivity index is 1.82. The number of hydrazone groups is 1. The van der Waals surface area contributed by atoms with Gasteiger partial charge >= 0.3 is 5.97 Å². The van der Waals surface area contributed by atoms with E-state index in [-0.39, 0.29) is 27.6 Å². The van der Waals surface area contributed by atoms with Gasteiger partial charge in [0.2, 0.25) is 0 Å². The van der Waals surface area contributed by atoms with Crippen molar-refractivity contribution in [3.8, 4) is 5.75 Å². The van der Waals surface area contributed by atoms with Crippen molar-refractivity contribution in [1.29, 1.82) is 0 Å². The lowest BCUT2D eigenvalue weighted by Crippen LogP contribution is -2.17. The van der Waals surface area contributed by atoms with Crippen LogP contribution in [0.1, 0.15) is 31.8 Å². The summed E-state index contributed by atoms with van der Waals surface area (Å²) < 4.78 is 5.35. The molecule has 9 heteroatoms. The van der Waals surface area contributed by atoms with E-state index in [1.165, 1.54) is 30.3 Å². The summed E-state index contributed by atoms with van der Waals surface area (Å²) in [5.74, 6) is -1.18. The molecule has 0 heterocycles. The summed E-state index contributed by atoms with van der Waals surface area (Å²) in [6.07, 6.45) is 1.16. The van der Waals surface area contributed by atoms with Gasteiger partial charge in [-0.15, -0.1) is 0 Å². The van der Waals surface area contributed by atoms with E-state index in [2.05, 4.69) is 10.5 Å². The molecule has 0 unspecified atom stereocenters. The molecular weight excluding hydrogens is 422 g/mol. The summed E-state index contributed by atoms with van der Waals surface area (Å²) >= 11 is 6.01. The molecule has 0 saturated heterocycles. The number of nitro benzene ring substituents is 1. The van der Waals surface area contributed by atoms with Crippen molar-refractivity contribution in [2.45, 2.75) is 6.92 Å². The highest BCUT2D eigenvalue weighted by atomic mass is 35.5. The number of aryl methyl sites for hydroxylation is 1. The average Bonchev–Trinajstić information content (AvgIpc) is 2.75. The number of nitrogens with zero attached hydrogens (tertiary/aromatic N) is 2. The number of non-ortho nitro benzene ring substituents is 1. The van der Waals surface area contributed by atoms with Crippen LogP contribution in [0.4, 0.5) is 5.69 Å². The minimum Gasteiger partial charge on any atom is -0.422 e. The third kappa shape index (κ3) is 5.52. The lowest BCUT2D eigenvalue weighted by atomic mass is 10.1. The Morgan fingerprint density at radius 1 is 1.10 bits per heavy atom. The number of benzene rings is 3. The predicted molar refractivity (Wildman–Crippen MR) is 116 cm³/mol. The van der Waals surface area contributed by atoms with Crippen molar-refractivity contribution in [2.24, 2.45) is 5.10 Å². The van der Waals surface area contributed by atoms with Crippen molar-refractivity contribution in [2.75, 3.05) is 0 Å². The number of halogens is 1. The fourth-order valence-electron chi connectivity index (χ4n) is 2.55. The van der Waals surface area contributed by atoms with Gasteiger partial charge in [0.1, 0.15) is 5.75 Å². The Bertz CT molecular complexity index is 1180. The van der Waals surface area contributed by atoms with Crippen molar-refractivity contribution in [3.05, 3.63) is 104 Å². The summed E-state index contributed by atoms with van der Waals surface area (Å²) in [7, 11) is 0. The van der Waals surface area contributed by atoms with E-state index < -0.39 is 16.8 Å². The Hall–Kier alpha value is -4.04. The number of ether oxygens (including phenoxy) is 1. The average molecular weight is 438 g/mol. The molecule has 0 aliphatic carbocycles. The first-order chi connectivity index (χ1) is 14.8. The molecule has 0 radical (unpaired) electrons. The van der Waals surface area contributed by atoms with E-state index in [4.69, 9.17) is 16.3 Å².